The van der Waals surface area contributed by atoms with Crippen molar-refractivity contribution in [2.45, 2.75) is 24.2 Å². The van der Waals surface area contributed by atoms with Gasteiger partial charge in [-0.3, -0.25) is 4.79 Å². The average molecular weight is 532 g/mol. The van der Waals surface area contributed by atoms with Gasteiger partial charge in [0, 0.05) is 23.2 Å². The van der Waals surface area contributed by atoms with E-state index < -0.39 is 10.0 Å². The fraction of sp³-hybridized carbons (Fsp3) is 0.316. The van der Waals surface area contributed by atoms with Gasteiger partial charge in [-0.15, -0.1) is 0 Å². The first kappa shape index (κ1) is 21.3. The third-order valence-electron chi connectivity index (χ3n) is 4.34. The maximum atomic E-state index is 12.6. The molecule has 1 N–H and O–H groups in total. The van der Waals surface area contributed by atoms with Gasteiger partial charge in [0.25, 0.3) is 5.91 Å². The Hall–Kier alpha value is -1.42. The van der Waals surface area contributed by atoms with Crippen LogP contribution < -0.4 is 10.1 Å². The van der Waals surface area contributed by atoms with E-state index in [1.54, 1.807) is 18.2 Å². The van der Waals surface area contributed by atoms with Crippen molar-refractivity contribution in [3.05, 3.63) is 51.4 Å². The zero-order valence-corrected chi connectivity index (χ0v) is 19.0. The zero-order chi connectivity index (χ0) is 20.1. The summed E-state index contributed by atoms with van der Waals surface area (Å²) in [5.74, 6) is 0.225. The van der Waals surface area contributed by atoms with Crippen LogP contribution in [0.4, 0.5) is 5.69 Å². The van der Waals surface area contributed by atoms with Gasteiger partial charge in [-0.05, 0) is 71.2 Å². The number of carbonyl (C=O) groups is 1. The van der Waals surface area contributed by atoms with Gasteiger partial charge in [-0.1, -0.05) is 22.4 Å². The van der Waals surface area contributed by atoms with Crippen LogP contribution >= 0.6 is 31.9 Å². The van der Waals surface area contributed by atoms with Gasteiger partial charge in [-0.2, -0.15) is 4.31 Å². The molecule has 9 heteroatoms. The van der Waals surface area contributed by atoms with Crippen molar-refractivity contribution in [2.75, 3.05) is 25.0 Å². The van der Waals surface area contributed by atoms with Gasteiger partial charge in [0.2, 0.25) is 10.0 Å². The second-order valence-electron chi connectivity index (χ2n) is 6.40. The Morgan fingerprint density at radius 2 is 1.71 bits per heavy atom. The number of amides is 1. The molecule has 2 aromatic rings. The molecule has 6 nitrogen and oxygen atoms in total. The van der Waals surface area contributed by atoms with E-state index in [9.17, 15) is 13.2 Å². The standard InChI is InChI=1S/C19H20Br2N2O4S/c20-14-4-9-18(17(21)12-14)27-13-19(24)22-15-5-7-16(8-6-15)28(25,26)23-10-2-1-3-11-23/h4-9,12H,1-3,10-11,13H2,(H,22,24). The first-order chi connectivity index (χ1) is 13.4. The van der Waals surface area contributed by atoms with Crippen LogP contribution in [-0.4, -0.2) is 38.3 Å². The molecule has 0 atom stereocenters. The van der Waals surface area contributed by atoms with E-state index in [-0.39, 0.29) is 17.4 Å². The monoisotopic (exact) mass is 530 g/mol. The van der Waals surface area contributed by atoms with Crippen LogP contribution in [0.2, 0.25) is 0 Å². The van der Waals surface area contributed by atoms with Gasteiger partial charge in [0.15, 0.2) is 6.61 Å². The molecule has 28 heavy (non-hydrogen) atoms. The van der Waals surface area contributed by atoms with Crippen molar-refractivity contribution in [3.63, 3.8) is 0 Å². The Kier molecular flexibility index (Phi) is 7.14. The predicted octanol–water partition coefficient (Wildman–Crippen LogP) is 4.40. The molecule has 1 aliphatic heterocycles. The molecule has 0 aliphatic carbocycles. The maximum Gasteiger partial charge on any atom is 0.262 e. The summed E-state index contributed by atoms with van der Waals surface area (Å²) in [6.45, 7) is 0.960. The normalized spacial score (nSPS) is 15.2. The number of nitrogens with one attached hydrogen (secondary N) is 1. The number of ether oxygens (including phenoxy) is 1. The summed E-state index contributed by atoms with van der Waals surface area (Å²) in [7, 11) is -3.47. The van der Waals surface area contributed by atoms with E-state index in [1.807, 2.05) is 12.1 Å². The number of piperidine rings is 1. The SMILES string of the molecule is O=C(COc1ccc(Br)cc1Br)Nc1ccc(S(=O)(=O)N2CCCCC2)cc1. The number of nitrogens with zero attached hydrogens (tertiary/aromatic N) is 1. The topological polar surface area (TPSA) is 75.7 Å². The average Bonchev–Trinajstić information content (AvgIpc) is 2.68. The van der Waals surface area contributed by atoms with E-state index in [0.717, 1.165) is 28.2 Å². The Labute approximate surface area is 181 Å². The third kappa shape index (κ3) is 5.34. The summed E-state index contributed by atoms with van der Waals surface area (Å²) in [5, 5.41) is 2.70. The van der Waals surface area contributed by atoms with E-state index in [4.69, 9.17) is 4.74 Å². The molecule has 1 amide bonds. The lowest BCUT2D eigenvalue weighted by molar-refractivity contribution is -0.118. The fourth-order valence-electron chi connectivity index (χ4n) is 2.90. The van der Waals surface area contributed by atoms with Crippen molar-refractivity contribution in [2.24, 2.45) is 0 Å². The molecule has 0 unspecified atom stereocenters. The van der Waals surface area contributed by atoms with Crippen LogP contribution in [0.15, 0.2) is 56.3 Å². The number of carbonyl (C=O) groups excluding carboxylic acids is 1. The van der Waals surface area contributed by atoms with E-state index in [2.05, 4.69) is 37.2 Å². The molecule has 150 valence electrons. The molecule has 1 saturated heterocycles. The van der Waals surface area contributed by atoms with Gasteiger partial charge in [0.1, 0.15) is 5.75 Å². The largest absolute Gasteiger partial charge is 0.483 e. The van der Waals surface area contributed by atoms with Gasteiger partial charge in [-0.25, -0.2) is 8.42 Å². The van der Waals surface area contributed by atoms with Gasteiger partial charge >= 0.3 is 0 Å². The first-order valence-electron chi connectivity index (χ1n) is 8.84. The lowest BCUT2D eigenvalue weighted by Crippen LogP contribution is -2.35. The Balaban J connectivity index is 1.58. The fourth-order valence-corrected chi connectivity index (χ4v) is 5.58. The molecule has 2 aromatic carbocycles. The molecular formula is C19H20Br2N2O4S. The Bertz CT molecular complexity index is 943. The molecule has 1 fully saturated rings. The maximum absolute atomic E-state index is 12.6. The van der Waals surface area contributed by atoms with Gasteiger partial charge < -0.3 is 10.1 Å². The molecule has 1 aliphatic rings. The van der Waals surface area contributed by atoms with Crippen LogP contribution in [0.5, 0.6) is 5.75 Å². The zero-order valence-electron chi connectivity index (χ0n) is 15.0. The lowest BCUT2D eigenvalue weighted by atomic mass is 10.2. The van der Waals surface area contributed by atoms with Crippen molar-refractivity contribution in [3.8, 4) is 5.75 Å². The van der Waals surface area contributed by atoms with Crippen molar-refractivity contribution >= 4 is 53.5 Å². The second-order valence-corrected chi connectivity index (χ2v) is 10.1. The minimum Gasteiger partial charge on any atom is -0.483 e. The van der Waals surface area contributed by atoms with Crippen LogP contribution in [0.25, 0.3) is 0 Å². The number of rotatable bonds is 6. The predicted molar refractivity (Wildman–Crippen MR) is 115 cm³/mol. The van der Waals surface area contributed by atoms with E-state index in [1.165, 1.54) is 16.4 Å². The highest BCUT2D eigenvalue weighted by Gasteiger charge is 2.25. The number of halogens is 2. The van der Waals surface area contributed by atoms with E-state index >= 15 is 0 Å². The third-order valence-corrected chi connectivity index (χ3v) is 7.37. The minimum absolute atomic E-state index is 0.159. The molecule has 0 aromatic heterocycles. The number of benzene rings is 2. The molecule has 0 radical (unpaired) electrons. The second kappa shape index (κ2) is 9.39. The van der Waals surface area contributed by atoms with E-state index in [0.29, 0.717) is 24.5 Å². The van der Waals surface area contributed by atoms with Crippen LogP contribution in [0.1, 0.15) is 19.3 Å². The van der Waals surface area contributed by atoms with Crippen molar-refractivity contribution < 1.29 is 17.9 Å². The molecule has 1 heterocycles. The number of hydrogen-bond donors (Lipinski definition) is 1. The summed E-state index contributed by atoms with van der Waals surface area (Å²) >= 11 is 6.73. The molecular weight excluding hydrogens is 512 g/mol. The minimum atomic E-state index is -3.47. The smallest absolute Gasteiger partial charge is 0.262 e. The van der Waals surface area contributed by atoms with Gasteiger partial charge in [0.05, 0.1) is 9.37 Å². The highest BCUT2D eigenvalue weighted by molar-refractivity contribution is 9.11. The van der Waals surface area contributed by atoms with Crippen molar-refractivity contribution in [1.29, 1.82) is 0 Å². The molecule has 0 saturated carbocycles. The highest BCUT2D eigenvalue weighted by atomic mass is 79.9. The molecule has 0 bridgehead atoms. The molecule has 3 rings (SSSR count). The highest BCUT2D eigenvalue weighted by Crippen LogP contribution is 2.28. The Morgan fingerprint density at radius 1 is 1.04 bits per heavy atom. The van der Waals surface area contributed by atoms with Crippen LogP contribution in [-0.2, 0) is 14.8 Å². The molecule has 0 spiro atoms. The summed E-state index contributed by atoms with van der Waals surface area (Å²) in [4.78, 5) is 12.3. The summed E-state index contributed by atoms with van der Waals surface area (Å²) in [6, 6.07) is 11.6. The summed E-state index contributed by atoms with van der Waals surface area (Å²) < 4.78 is 34.0. The first-order valence-corrected chi connectivity index (χ1v) is 11.9. The van der Waals surface area contributed by atoms with Crippen LogP contribution in [0.3, 0.4) is 0 Å². The summed E-state index contributed by atoms with van der Waals surface area (Å²) in [5.41, 5.74) is 0.515. The number of anilines is 1. The quantitative estimate of drug-likeness (QED) is 0.599. The summed E-state index contributed by atoms with van der Waals surface area (Å²) in [6.07, 6.45) is 2.85. The lowest BCUT2D eigenvalue weighted by Gasteiger charge is -2.25. The van der Waals surface area contributed by atoms with Crippen molar-refractivity contribution in [1.82, 2.24) is 4.31 Å². The van der Waals surface area contributed by atoms with Crippen LogP contribution in [0, 0.1) is 0 Å². The number of sulfonamides is 1. The number of hydrogen-bond acceptors (Lipinski definition) is 4. The Morgan fingerprint density at radius 3 is 2.36 bits per heavy atom.